The molecule has 0 fully saturated rings. The Morgan fingerprint density at radius 3 is 2.05 bits per heavy atom. The minimum absolute atomic E-state index is 0.0721. The minimum atomic E-state index is 0.0721. The van der Waals surface area contributed by atoms with Crippen LogP contribution in [-0.2, 0) is 4.79 Å². The molecule has 106 valence electrons. The van der Waals surface area contributed by atoms with Gasteiger partial charge in [-0.05, 0) is 49.9 Å². The lowest BCUT2D eigenvalue weighted by atomic mass is 10.1. The van der Waals surface area contributed by atoms with Crippen molar-refractivity contribution in [3.63, 3.8) is 0 Å². The van der Waals surface area contributed by atoms with Crippen LogP contribution in [0.4, 0.5) is 0 Å². The number of nitrogens with zero attached hydrogens (tertiary/aromatic N) is 1. The molecule has 1 aromatic carbocycles. The first-order valence-electron chi connectivity index (χ1n) is 7.05. The van der Waals surface area contributed by atoms with E-state index in [1.807, 2.05) is 30.9 Å². The third-order valence-electron chi connectivity index (χ3n) is 2.90. The molecule has 0 aliphatic rings. The van der Waals surface area contributed by atoms with Crippen molar-refractivity contribution in [2.75, 3.05) is 19.7 Å². The predicted molar refractivity (Wildman–Crippen MR) is 78.6 cm³/mol. The summed E-state index contributed by atoms with van der Waals surface area (Å²) in [7, 11) is 0. The van der Waals surface area contributed by atoms with Gasteiger partial charge in [-0.3, -0.25) is 4.79 Å². The molecule has 0 aliphatic carbocycles. The molecule has 0 saturated heterocycles. The van der Waals surface area contributed by atoms with E-state index in [0.29, 0.717) is 0 Å². The Labute approximate surface area is 116 Å². The van der Waals surface area contributed by atoms with E-state index in [4.69, 9.17) is 4.74 Å². The molecule has 0 radical (unpaired) electrons. The lowest BCUT2D eigenvalue weighted by Gasteiger charge is -2.21. The second kappa shape index (κ2) is 7.82. The van der Waals surface area contributed by atoms with Crippen molar-refractivity contribution in [3.05, 3.63) is 29.3 Å². The van der Waals surface area contributed by atoms with Crippen LogP contribution in [0.25, 0.3) is 0 Å². The molecule has 0 aromatic heterocycles. The minimum Gasteiger partial charge on any atom is -0.484 e. The van der Waals surface area contributed by atoms with E-state index >= 15 is 0 Å². The average molecular weight is 263 g/mol. The van der Waals surface area contributed by atoms with Gasteiger partial charge in [0.05, 0.1) is 0 Å². The summed E-state index contributed by atoms with van der Waals surface area (Å²) in [6.07, 6.45) is 1.96. The van der Waals surface area contributed by atoms with E-state index in [0.717, 1.165) is 42.8 Å². The molecule has 0 saturated carbocycles. The summed E-state index contributed by atoms with van der Waals surface area (Å²) in [6, 6.07) is 6.02. The van der Waals surface area contributed by atoms with Gasteiger partial charge in [-0.2, -0.15) is 0 Å². The second-order valence-corrected chi connectivity index (χ2v) is 4.99. The SMILES string of the molecule is CCCN(CCC)C(=O)COc1cc(C)cc(C)c1. The highest BCUT2D eigenvalue weighted by Gasteiger charge is 2.12. The summed E-state index contributed by atoms with van der Waals surface area (Å²) in [5.74, 6) is 0.849. The summed E-state index contributed by atoms with van der Waals surface area (Å²) in [5, 5.41) is 0. The van der Waals surface area contributed by atoms with Gasteiger partial charge in [0.1, 0.15) is 5.75 Å². The Bertz CT molecular complexity index is 389. The second-order valence-electron chi connectivity index (χ2n) is 4.99. The van der Waals surface area contributed by atoms with E-state index in [2.05, 4.69) is 19.9 Å². The number of aryl methyl sites for hydroxylation is 2. The molecule has 0 spiro atoms. The molecule has 0 N–H and O–H groups in total. The first-order valence-corrected chi connectivity index (χ1v) is 7.05. The Hall–Kier alpha value is -1.51. The van der Waals surface area contributed by atoms with Crippen LogP contribution < -0.4 is 4.74 Å². The normalized spacial score (nSPS) is 10.3. The zero-order valence-corrected chi connectivity index (χ0v) is 12.5. The van der Waals surface area contributed by atoms with Gasteiger partial charge >= 0.3 is 0 Å². The molecule has 1 aromatic rings. The first kappa shape index (κ1) is 15.5. The molecule has 3 nitrogen and oxygen atoms in total. The van der Waals surface area contributed by atoms with E-state index in [-0.39, 0.29) is 12.5 Å². The molecule has 19 heavy (non-hydrogen) atoms. The van der Waals surface area contributed by atoms with Gasteiger partial charge in [0.25, 0.3) is 5.91 Å². The summed E-state index contributed by atoms with van der Waals surface area (Å²) in [6.45, 7) is 9.97. The Balaban J connectivity index is 2.56. The summed E-state index contributed by atoms with van der Waals surface area (Å²) in [5.41, 5.74) is 2.31. The van der Waals surface area contributed by atoms with E-state index in [9.17, 15) is 4.79 Å². The lowest BCUT2D eigenvalue weighted by Crippen LogP contribution is -2.36. The maximum Gasteiger partial charge on any atom is 0.260 e. The van der Waals surface area contributed by atoms with Crippen LogP contribution in [0.3, 0.4) is 0 Å². The Kier molecular flexibility index (Phi) is 6.40. The van der Waals surface area contributed by atoms with Gasteiger partial charge < -0.3 is 9.64 Å². The summed E-state index contributed by atoms with van der Waals surface area (Å²) >= 11 is 0. The molecule has 0 aliphatic heterocycles. The van der Waals surface area contributed by atoms with Crippen LogP contribution in [0, 0.1) is 13.8 Å². The van der Waals surface area contributed by atoms with E-state index < -0.39 is 0 Å². The molecule has 3 heteroatoms. The molecule has 0 unspecified atom stereocenters. The third-order valence-corrected chi connectivity index (χ3v) is 2.90. The first-order chi connectivity index (χ1) is 9.06. The highest BCUT2D eigenvalue weighted by atomic mass is 16.5. The van der Waals surface area contributed by atoms with Crippen LogP contribution in [-0.4, -0.2) is 30.5 Å². The van der Waals surface area contributed by atoms with Crippen LogP contribution in [0.1, 0.15) is 37.8 Å². The van der Waals surface area contributed by atoms with Crippen LogP contribution >= 0.6 is 0 Å². The molecule has 1 amide bonds. The Morgan fingerprint density at radius 2 is 1.58 bits per heavy atom. The topological polar surface area (TPSA) is 29.5 Å². The van der Waals surface area contributed by atoms with Gasteiger partial charge in [0.15, 0.2) is 6.61 Å². The standard InChI is InChI=1S/C16H25NO2/c1-5-7-17(8-6-2)16(18)12-19-15-10-13(3)9-14(4)11-15/h9-11H,5-8,12H2,1-4H3. The fourth-order valence-corrected chi connectivity index (χ4v) is 2.15. The maximum atomic E-state index is 12.1. The van der Waals surface area contributed by atoms with E-state index in [1.54, 1.807) is 0 Å². The smallest absolute Gasteiger partial charge is 0.260 e. The molecule has 0 atom stereocenters. The number of hydrogen-bond acceptors (Lipinski definition) is 2. The Morgan fingerprint density at radius 1 is 1.05 bits per heavy atom. The van der Waals surface area contributed by atoms with Crippen molar-refractivity contribution in [2.45, 2.75) is 40.5 Å². The zero-order chi connectivity index (χ0) is 14.3. The monoisotopic (exact) mass is 263 g/mol. The van der Waals surface area contributed by atoms with Crippen LogP contribution in [0.2, 0.25) is 0 Å². The number of amides is 1. The molecule has 1 rings (SSSR count). The van der Waals surface area contributed by atoms with Crippen molar-refractivity contribution in [3.8, 4) is 5.75 Å². The highest BCUT2D eigenvalue weighted by molar-refractivity contribution is 5.77. The van der Waals surface area contributed by atoms with Crippen LogP contribution in [0.5, 0.6) is 5.75 Å². The van der Waals surface area contributed by atoms with Crippen molar-refractivity contribution in [2.24, 2.45) is 0 Å². The average Bonchev–Trinajstić information content (AvgIpc) is 2.34. The van der Waals surface area contributed by atoms with Crippen molar-refractivity contribution < 1.29 is 9.53 Å². The summed E-state index contributed by atoms with van der Waals surface area (Å²) in [4.78, 5) is 13.9. The van der Waals surface area contributed by atoms with Crippen molar-refractivity contribution in [1.29, 1.82) is 0 Å². The van der Waals surface area contributed by atoms with Crippen molar-refractivity contribution in [1.82, 2.24) is 4.90 Å². The third kappa shape index (κ3) is 5.33. The fourth-order valence-electron chi connectivity index (χ4n) is 2.15. The number of benzene rings is 1. The van der Waals surface area contributed by atoms with Gasteiger partial charge in [0.2, 0.25) is 0 Å². The number of hydrogen-bond donors (Lipinski definition) is 0. The van der Waals surface area contributed by atoms with Gasteiger partial charge in [0, 0.05) is 13.1 Å². The highest BCUT2D eigenvalue weighted by Crippen LogP contribution is 2.16. The largest absolute Gasteiger partial charge is 0.484 e. The summed E-state index contributed by atoms with van der Waals surface area (Å²) < 4.78 is 5.61. The molecular formula is C16H25NO2. The number of carbonyl (C=O) groups excluding carboxylic acids is 1. The lowest BCUT2D eigenvalue weighted by molar-refractivity contribution is -0.133. The zero-order valence-electron chi connectivity index (χ0n) is 12.5. The fraction of sp³-hybridized carbons (Fsp3) is 0.562. The molecular weight excluding hydrogens is 238 g/mol. The maximum absolute atomic E-state index is 12.1. The molecule has 0 heterocycles. The van der Waals surface area contributed by atoms with E-state index in [1.165, 1.54) is 0 Å². The number of rotatable bonds is 7. The quantitative estimate of drug-likeness (QED) is 0.755. The van der Waals surface area contributed by atoms with Gasteiger partial charge in [-0.15, -0.1) is 0 Å². The predicted octanol–water partition coefficient (Wildman–Crippen LogP) is 3.33. The number of carbonyl (C=O) groups is 1. The van der Waals surface area contributed by atoms with Gasteiger partial charge in [-0.25, -0.2) is 0 Å². The van der Waals surface area contributed by atoms with Crippen molar-refractivity contribution >= 4 is 5.91 Å². The van der Waals surface area contributed by atoms with Gasteiger partial charge in [-0.1, -0.05) is 19.9 Å². The van der Waals surface area contributed by atoms with Crippen LogP contribution in [0.15, 0.2) is 18.2 Å². The number of ether oxygens (including phenoxy) is 1. The molecule has 0 bridgehead atoms.